The van der Waals surface area contributed by atoms with Gasteiger partial charge in [-0.25, -0.2) is 0 Å². The number of rotatable bonds is 3. The van der Waals surface area contributed by atoms with Crippen molar-refractivity contribution in [2.24, 2.45) is 0 Å². The van der Waals surface area contributed by atoms with E-state index in [1.165, 1.54) is 29.7 Å². The number of carbonyl (C=O) groups is 1. The zero-order valence-corrected chi connectivity index (χ0v) is 11.1. The minimum Gasteiger partial charge on any atom is -0.282 e. The zero-order chi connectivity index (χ0) is 10.6. The van der Waals surface area contributed by atoms with Crippen molar-refractivity contribution in [3.05, 3.63) is 12.2 Å². The maximum absolute atomic E-state index is 11.4. The molecule has 1 aliphatic rings. The summed E-state index contributed by atoms with van der Waals surface area (Å²) in [4.78, 5) is 11.4. The highest BCUT2D eigenvalue weighted by Crippen LogP contribution is 2.44. The van der Waals surface area contributed by atoms with Gasteiger partial charge in [0, 0.05) is 5.75 Å². The molecule has 0 N–H and O–H groups in total. The Labute approximate surface area is 98.9 Å². The second-order valence-electron chi connectivity index (χ2n) is 3.54. The first kappa shape index (κ1) is 12.5. The molecule has 0 aromatic heterocycles. The molecule has 14 heavy (non-hydrogen) atoms. The molecular weight excluding hydrogens is 232 g/mol. The van der Waals surface area contributed by atoms with Gasteiger partial charge < -0.3 is 0 Å². The van der Waals surface area contributed by atoms with Crippen molar-refractivity contribution in [2.45, 2.75) is 24.3 Å². The number of hydrogen-bond acceptors (Lipinski definition) is 4. The van der Waals surface area contributed by atoms with Gasteiger partial charge in [-0.3, -0.25) is 4.79 Å². The summed E-state index contributed by atoms with van der Waals surface area (Å²) in [6.07, 6.45) is 1.30. The second kappa shape index (κ2) is 5.52. The minimum absolute atomic E-state index is 0.137. The van der Waals surface area contributed by atoms with Crippen molar-refractivity contribution in [1.82, 2.24) is 0 Å². The average Bonchev–Trinajstić information content (AvgIpc) is 2.15. The quantitative estimate of drug-likeness (QED) is 0.712. The first-order valence-corrected chi connectivity index (χ1v) is 7.60. The number of carbonyl (C=O) groups excluding carboxylic acids is 1. The molecule has 80 valence electrons. The average molecular weight is 248 g/mol. The standard InChI is InChI=1S/C10H16OS3/c1-8(2)9(11)12-7-10(3)13-5-4-6-14-10/h1,4-7H2,2-3H3. The topological polar surface area (TPSA) is 17.1 Å². The molecule has 4 heteroatoms. The molecule has 0 radical (unpaired) electrons. The van der Waals surface area contributed by atoms with Crippen molar-refractivity contribution in [2.75, 3.05) is 17.3 Å². The fraction of sp³-hybridized carbons (Fsp3) is 0.700. The molecule has 0 bridgehead atoms. The lowest BCUT2D eigenvalue weighted by atomic mass is 10.4. The van der Waals surface area contributed by atoms with Crippen molar-refractivity contribution in [3.8, 4) is 0 Å². The van der Waals surface area contributed by atoms with Crippen LogP contribution in [0, 0.1) is 0 Å². The van der Waals surface area contributed by atoms with E-state index in [0.29, 0.717) is 5.57 Å². The zero-order valence-electron chi connectivity index (χ0n) is 8.67. The van der Waals surface area contributed by atoms with Gasteiger partial charge in [0.25, 0.3) is 0 Å². The Morgan fingerprint density at radius 1 is 1.50 bits per heavy atom. The maximum Gasteiger partial charge on any atom is 0.214 e. The highest BCUT2D eigenvalue weighted by molar-refractivity contribution is 8.21. The van der Waals surface area contributed by atoms with Crippen LogP contribution in [0.25, 0.3) is 0 Å². The van der Waals surface area contributed by atoms with Gasteiger partial charge in [-0.1, -0.05) is 18.3 Å². The highest BCUT2D eigenvalue weighted by Gasteiger charge is 2.29. The van der Waals surface area contributed by atoms with Crippen LogP contribution in [0.2, 0.25) is 0 Å². The van der Waals surface area contributed by atoms with Crippen LogP contribution in [0.1, 0.15) is 20.3 Å². The molecule has 0 amide bonds. The first-order chi connectivity index (χ1) is 6.53. The summed E-state index contributed by atoms with van der Waals surface area (Å²) in [5, 5.41) is 0.137. The predicted octanol–water partition coefficient (Wildman–Crippen LogP) is 3.41. The molecule has 1 aliphatic heterocycles. The number of hydrogen-bond donors (Lipinski definition) is 0. The Bertz CT molecular complexity index is 232. The van der Waals surface area contributed by atoms with E-state index in [4.69, 9.17) is 0 Å². The van der Waals surface area contributed by atoms with Crippen molar-refractivity contribution in [1.29, 1.82) is 0 Å². The summed E-state index contributed by atoms with van der Waals surface area (Å²) < 4.78 is 0.230. The predicted molar refractivity (Wildman–Crippen MR) is 70.2 cm³/mol. The van der Waals surface area contributed by atoms with E-state index >= 15 is 0 Å². The lowest BCUT2D eigenvalue weighted by molar-refractivity contribution is -0.107. The maximum atomic E-state index is 11.4. The lowest BCUT2D eigenvalue weighted by Crippen LogP contribution is -2.24. The van der Waals surface area contributed by atoms with Crippen LogP contribution in [0.15, 0.2) is 12.2 Å². The van der Waals surface area contributed by atoms with Crippen LogP contribution in [-0.2, 0) is 4.79 Å². The van der Waals surface area contributed by atoms with Gasteiger partial charge in [0.2, 0.25) is 5.12 Å². The van der Waals surface area contributed by atoms with E-state index in [0.717, 1.165) is 5.75 Å². The summed E-state index contributed by atoms with van der Waals surface area (Å²) >= 11 is 5.37. The highest BCUT2D eigenvalue weighted by atomic mass is 32.2. The molecular formula is C10H16OS3. The molecule has 1 heterocycles. The SMILES string of the molecule is C=C(C)C(=O)SCC1(C)SCCCS1. The van der Waals surface area contributed by atoms with Gasteiger partial charge in [-0.15, -0.1) is 23.5 Å². The third-order valence-corrected chi connectivity index (χ3v) is 6.82. The Balaban J connectivity index is 2.35. The van der Waals surface area contributed by atoms with Gasteiger partial charge >= 0.3 is 0 Å². The Morgan fingerprint density at radius 3 is 2.57 bits per heavy atom. The van der Waals surface area contributed by atoms with E-state index in [2.05, 4.69) is 13.5 Å². The molecule has 0 spiro atoms. The van der Waals surface area contributed by atoms with Crippen molar-refractivity contribution in [3.63, 3.8) is 0 Å². The van der Waals surface area contributed by atoms with E-state index < -0.39 is 0 Å². The minimum atomic E-state index is 0.137. The van der Waals surface area contributed by atoms with Crippen LogP contribution in [0.5, 0.6) is 0 Å². The second-order valence-corrected chi connectivity index (χ2v) is 7.94. The van der Waals surface area contributed by atoms with Crippen LogP contribution in [0.3, 0.4) is 0 Å². The molecule has 1 saturated heterocycles. The lowest BCUT2D eigenvalue weighted by Gasteiger charge is -2.31. The monoisotopic (exact) mass is 248 g/mol. The molecule has 0 unspecified atom stereocenters. The molecule has 0 aromatic carbocycles. The molecule has 1 fully saturated rings. The molecule has 0 atom stereocenters. The van der Waals surface area contributed by atoms with Crippen LogP contribution in [-0.4, -0.2) is 26.5 Å². The third-order valence-electron chi connectivity index (χ3n) is 1.92. The molecule has 1 rings (SSSR count). The van der Waals surface area contributed by atoms with Gasteiger partial charge in [0.15, 0.2) is 0 Å². The Kier molecular flexibility index (Phi) is 4.94. The van der Waals surface area contributed by atoms with Gasteiger partial charge in [-0.05, 0) is 37.3 Å². The fourth-order valence-corrected chi connectivity index (χ4v) is 5.20. The van der Waals surface area contributed by atoms with Gasteiger partial charge in [-0.2, -0.15) is 0 Å². The summed E-state index contributed by atoms with van der Waals surface area (Å²) in [6, 6.07) is 0. The van der Waals surface area contributed by atoms with Crippen molar-refractivity contribution >= 4 is 40.4 Å². The van der Waals surface area contributed by atoms with Gasteiger partial charge in [0.1, 0.15) is 0 Å². The van der Waals surface area contributed by atoms with Crippen LogP contribution >= 0.6 is 35.3 Å². The van der Waals surface area contributed by atoms with Crippen LogP contribution in [0.4, 0.5) is 0 Å². The van der Waals surface area contributed by atoms with Crippen LogP contribution < -0.4 is 0 Å². The van der Waals surface area contributed by atoms with E-state index in [-0.39, 0.29) is 9.19 Å². The first-order valence-electron chi connectivity index (χ1n) is 4.64. The van der Waals surface area contributed by atoms with E-state index in [1.807, 2.05) is 23.5 Å². The smallest absolute Gasteiger partial charge is 0.214 e. The summed E-state index contributed by atoms with van der Waals surface area (Å²) in [5.41, 5.74) is 0.657. The van der Waals surface area contributed by atoms with E-state index in [1.54, 1.807) is 6.92 Å². The summed E-state index contributed by atoms with van der Waals surface area (Å²) in [7, 11) is 0. The molecule has 0 aromatic rings. The fourth-order valence-electron chi connectivity index (χ4n) is 1.08. The molecule has 1 nitrogen and oxygen atoms in total. The van der Waals surface area contributed by atoms with E-state index in [9.17, 15) is 4.79 Å². The molecule has 0 saturated carbocycles. The number of thioether (sulfide) groups is 3. The third kappa shape index (κ3) is 3.91. The summed E-state index contributed by atoms with van der Waals surface area (Å²) in [5.74, 6) is 3.35. The van der Waals surface area contributed by atoms with Gasteiger partial charge in [0.05, 0.1) is 4.08 Å². The van der Waals surface area contributed by atoms with Crippen molar-refractivity contribution < 1.29 is 4.79 Å². The normalized spacial score (nSPS) is 20.4. The summed E-state index contributed by atoms with van der Waals surface area (Å²) in [6.45, 7) is 7.67. The molecule has 0 aliphatic carbocycles. The Hall–Kier alpha value is 0.460. The largest absolute Gasteiger partial charge is 0.282 e. The Morgan fingerprint density at radius 2 is 2.07 bits per heavy atom.